The molecule has 0 bridgehead atoms. The highest BCUT2D eigenvalue weighted by molar-refractivity contribution is 7.90. The van der Waals surface area contributed by atoms with E-state index in [1.807, 2.05) is 6.07 Å². The summed E-state index contributed by atoms with van der Waals surface area (Å²) in [5.41, 5.74) is 3.12. The molecule has 0 radical (unpaired) electrons. The van der Waals surface area contributed by atoms with Crippen molar-refractivity contribution >= 4 is 16.3 Å². The number of hydrogen-bond donors (Lipinski definition) is 0. The molecule has 3 aromatic rings. The van der Waals surface area contributed by atoms with Gasteiger partial charge in [-0.3, -0.25) is 4.79 Å². The first-order valence-electron chi connectivity index (χ1n) is 8.33. The molecular weight excluding hydrogens is 369 g/mol. The molecule has 0 aliphatic heterocycles. The largest absolute Gasteiger partial charge is 0.497 e. The predicted octanol–water partition coefficient (Wildman–Crippen LogP) is 3.45. The zero-order chi connectivity index (χ0) is 19.2. The molecule has 0 spiro atoms. The molecule has 0 saturated carbocycles. The summed E-state index contributed by atoms with van der Waals surface area (Å²) in [7, 11) is -2.50. The summed E-state index contributed by atoms with van der Waals surface area (Å²) in [6.45, 7) is 0. The number of ether oxygens (including phenoxy) is 1. The number of carbonyl (C=O) groups excluding carboxylic acids is 1. The van der Waals surface area contributed by atoms with Crippen molar-refractivity contribution in [2.75, 3.05) is 7.11 Å². The molecule has 0 atom stereocenters. The van der Waals surface area contributed by atoms with E-state index < -0.39 is 15.8 Å². The summed E-state index contributed by atoms with van der Waals surface area (Å²) < 4.78 is 46.3. The molecule has 0 unspecified atom stereocenters. The summed E-state index contributed by atoms with van der Waals surface area (Å²) in [6, 6.07) is 10.2. The number of benzene rings is 2. The van der Waals surface area contributed by atoms with Gasteiger partial charge >= 0.3 is 0 Å². The van der Waals surface area contributed by atoms with E-state index in [4.69, 9.17) is 4.74 Å². The second kappa shape index (κ2) is 6.35. The average Bonchev–Trinajstić information content (AvgIpc) is 3.07. The standard InChI is InChI=1S/C20H16FNO4S/c1-26-16-6-8-18-13(9-16)5-7-19-14(12-23)11-22(20(18)19)27(24,25)17-4-2-3-15(21)10-17/h2-4,6,8-12H,5,7H2,1H3. The van der Waals surface area contributed by atoms with Gasteiger partial charge < -0.3 is 4.74 Å². The Morgan fingerprint density at radius 3 is 2.67 bits per heavy atom. The van der Waals surface area contributed by atoms with Gasteiger partial charge in [0.2, 0.25) is 0 Å². The molecule has 1 aromatic heterocycles. The Kier molecular flexibility index (Phi) is 4.11. The van der Waals surface area contributed by atoms with Crippen LogP contribution in [0.1, 0.15) is 21.5 Å². The van der Waals surface area contributed by atoms with Crippen molar-refractivity contribution in [3.8, 4) is 17.0 Å². The third-order valence-corrected chi connectivity index (χ3v) is 6.46. The molecule has 7 heteroatoms. The van der Waals surface area contributed by atoms with E-state index in [-0.39, 0.29) is 4.90 Å². The van der Waals surface area contributed by atoms with Gasteiger partial charge in [-0.05, 0) is 60.4 Å². The molecule has 4 rings (SSSR count). The van der Waals surface area contributed by atoms with Crippen LogP contribution >= 0.6 is 0 Å². The third kappa shape index (κ3) is 2.75. The van der Waals surface area contributed by atoms with E-state index in [0.29, 0.717) is 41.7 Å². The van der Waals surface area contributed by atoms with Crippen molar-refractivity contribution in [1.82, 2.24) is 3.97 Å². The number of aldehydes is 1. The molecule has 0 fully saturated rings. The molecular formula is C20H16FNO4S. The average molecular weight is 385 g/mol. The molecule has 0 amide bonds. The van der Waals surface area contributed by atoms with Gasteiger partial charge in [0.1, 0.15) is 11.6 Å². The molecule has 1 aliphatic rings. The van der Waals surface area contributed by atoms with E-state index >= 15 is 0 Å². The number of hydrogen-bond acceptors (Lipinski definition) is 4. The lowest BCUT2D eigenvalue weighted by molar-refractivity contribution is 0.112. The fourth-order valence-corrected chi connectivity index (χ4v) is 4.95. The van der Waals surface area contributed by atoms with Crippen LogP contribution in [-0.4, -0.2) is 25.8 Å². The molecule has 0 saturated heterocycles. The number of methoxy groups -OCH3 is 1. The maximum absolute atomic E-state index is 13.6. The fourth-order valence-electron chi connectivity index (χ4n) is 3.51. The lowest BCUT2D eigenvalue weighted by Gasteiger charge is -2.20. The maximum Gasteiger partial charge on any atom is 0.268 e. The Hall–Kier alpha value is -2.93. The molecule has 1 heterocycles. The predicted molar refractivity (Wildman–Crippen MR) is 98.2 cm³/mol. The zero-order valence-corrected chi connectivity index (χ0v) is 15.3. The summed E-state index contributed by atoms with van der Waals surface area (Å²) in [5, 5.41) is 0. The van der Waals surface area contributed by atoms with Gasteiger partial charge in [-0.15, -0.1) is 0 Å². The Morgan fingerprint density at radius 1 is 1.15 bits per heavy atom. The number of carbonyl (C=O) groups is 1. The van der Waals surface area contributed by atoms with E-state index in [1.54, 1.807) is 19.2 Å². The minimum atomic E-state index is -4.06. The summed E-state index contributed by atoms with van der Waals surface area (Å²) in [6.07, 6.45) is 3.18. The second-order valence-corrected chi connectivity index (χ2v) is 8.13. The Labute approximate surface area is 156 Å². The SMILES string of the molecule is COc1ccc2c(c1)CCc1c(C=O)cn(S(=O)(=O)c3cccc(F)c3)c1-2. The van der Waals surface area contributed by atoms with Gasteiger partial charge in [0.05, 0.1) is 17.7 Å². The maximum atomic E-state index is 13.6. The van der Waals surface area contributed by atoms with Crippen molar-refractivity contribution in [2.45, 2.75) is 17.7 Å². The first-order chi connectivity index (χ1) is 13.0. The van der Waals surface area contributed by atoms with E-state index in [0.717, 1.165) is 21.2 Å². The van der Waals surface area contributed by atoms with Gasteiger partial charge in [-0.1, -0.05) is 6.07 Å². The minimum absolute atomic E-state index is 0.168. The molecule has 1 aliphatic carbocycles. The first-order valence-corrected chi connectivity index (χ1v) is 9.77. The molecule has 5 nitrogen and oxygen atoms in total. The topological polar surface area (TPSA) is 65.4 Å². The van der Waals surface area contributed by atoms with Gasteiger partial charge in [0.15, 0.2) is 6.29 Å². The number of aromatic nitrogens is 1. The van der Waals surface area contributed by atoms with Crippen LogP contribution < -0.4 is 4.74 Å². The Balaban J connectivity index is 1.99. The fraction of sp³-hybridized carbons (Fsp3) is 0.150. The highest BCUT2D eigenvalue weighted by Gasteiger charge is 2.30. The van der Waals surface area contributed by atoms with Crippen molar-refractivity contribution in [3.63, 3.8) is 0 Å². The van der Waals surface area contributed by atoms with Crippen LogP contribution in [0.5, 0.6) is 5.75 Å². The number of halogens is 1. The second-order valence-electron chi connectivity index (χ2n) is 6.31. The van der Waals surface area contributed by atoms with Gasteiger partial charge in [-0.25, -0.2) is 16.8 Å². The van der Waals surface area contributed by atoms with Crippen molar-refractivity contribution < 1.29 is 22.3 Å². The number of fused-ring (bicyclic) bond motifs is 3. The molecule has 0 N–H and O–H groups in total. The number of rotatable bonds is 4. The van der Waals surface area contributed by atoms with Crippen LogP contribution in [0.25, 0.3) is 11.3 Å². The molecule has 2 aromatic carbocycles. The van der Waals surface area contributed by atoms with Crippen molar-refractivity contribution in [3.05, 3.63) is 71.2 Å². The van der Waals surface area contributed by atoms with Gasteiger partial charge in [0, 0.05) is 17.3 Å². The van der Waals surface area contributed by atoms with Crippen molar-refractivity contribution in [1.29, 1.82) is 0 Å². The quantitative estimate of drug-likeness (QED) is 0.645. The first kappa shape index (κ1) is 17.5. The van der Waals surface area contributed by atoms with Crippen LogP contribution in [0, 0.1) is 5.82 Å². The third-order valence-electron chi connectivity index (χ3n) is 4.80. The highest BCUT2D eigenvalue weighted by Crippen LogP contribution is 2.39. The van der Waals surface area contributed by atoms with Crippen molar-refractivity contribution in [2.24, 2.45) is 0 Å². The van der Waals surface area contributed by atoms with Crippen LogP contribution in [0.3, 0.4) is 0 Å². The van der Waals surface area contributed by atoms with Crippen LogP contribution in [-0.2, 0) is 22.9 Å². The van der Waals surface area contributed by atoms with Crippen LogP contribution in [0.4, 0.5) is 4.39 Å². The van der Waals surface area contributed by atoms with Crippen LogP contribution in [0.15, 0.2) is 53.6 Å². The lowest BCUT2D eigenvalue weighted by Crippen LogP contribution is -2.16. The zero-order valence-electron chi connectivity index (χ0n) is 14.5. The van der Waals surface area contributed by atoms with E-state index in [2.05, 4.69) is 0 Å². The normalized spacial score (nSPS) is 13.0. The van der Waals surface area contributed by atoms with Crippen LogP contribution in [0.2, 0.25) is 0 Å². The lowest BCUT2D eigenvalue weighted by atomic mass is 9.89. The van der Waals surface area contributed by atoms with E-state index in [1.165, 1.54) is 24.4 Å². The summed E-state index contributed by atoms with van der Waals surface area (Å²) in [5.74, 6) is 0.0387. The van der Waals surface area contributed by atoms with E-state index in [9.17, 15) is 17.6 Å². The van der Waals surface area contributed by atoms with Gasteiger partial charge in [-0.2, -0.15) is 0 Å². The summed E-state index contributed by atoms with van der Waals surface area (Å²) in [4.78, 5) is 11.4. The van der Waals surface area contributed by atoms with Gasteiger partial charge in [0.25, 0.3) is 10.0 Å². The highest BCUT2D eigenvalue weighted by atomic mass is 32.2. The molecule has 27 heavy (non-hydrogen) atoms. The number of aryl methyl sites for hydroxylation is 1. The Bertz CT molecular complexity index is 1160. The minimum Gasteiger partial charge on any atom is -0.497 e. The molecule has 138 valence electrons. The Morgan fingerprint density at radius 2 is 1.96 bits per heavy atom. The number of nitrogens with zero attached hydrogens (tertiary/aromatic N) is 1. The monoisotopic (exact) mass is 385 g/mol. The smallest absolute Gasteiger partial charge is 0.268 e. The summed E-state index contributed by atoms with van der Waals surface area (Å²) >= 11 is 0.